The molecule has 1 aliphatic heterocycles. The summed E-state index contributed by atoms with van der Waals surface area (Å²) in [5.41, 5.74) is 1.98. The van der Waals surface area contributed by atoms with Crippen molar-refractivity contribution in [2.24, 2.45) is 10.9 Å². The Hall–Kier alpha value is -2.12. The van der Waals surface area contributed by atoms with E-state index < -0.39 is 0 Å². The molecule has 0 bridgehead atoms. The maximum atomic E-state index is 12.5. The van der Waals surface area contributed by atoms with Crippen molar-refractivity contribution in [3.8, 4) is 0 Å². The molecule has 2 fully saturated rings. The Balaban J connectivity index is 1.41. The van der Waals surface area contributed by atoms with E-state index in [9.17, 15) is 4.79 Å². The Morgan fingerprint density at radius 1 is 1.17 bits per heavy atom. The minimum Gasteiger partial charge on any atom is -0.379 e. The molecular formula is C22H35N5O2. The smallest absolute Gasteiger partial charge is 0.227 e. The molecular weight excluding hydrogens is 366 g/mol. The predicted octanol–water partition coefficient (Wildman–Crippen LogP) is 2.20. The Bertz CT molecular complexity index is 667. The Morgan fingerprint density at radius 2 is 1.97 bits per heavy atom. The van der Waals surface area contributed by atoms with Crippen molar-refractivity contribution in [3.63, 3.8) is 0 Å². The molecule has 1 aromatic rings. The topological polar surface area (TPSA) is 78.0 Å². The second-order valence-corrected chi connectivity index (χ2v) is 7.83. The van der Waals surface area contributed by atoms with Gasteiger partial charge in [-0.3, -0.25) is 14.7 Å². The molecule has 3 N–H and O–H groups in total. The zero-order valence-corrected chi connectivity index (χ0v) is 17.6. The van der Waals surface area contributed by atoms with Crippen LogP contribution < -0.4 is 16.0 Å². The number of benzene rings is 1. The van der Waals surface area contributed by atoms with Crippen molar-refractivity contribution in [2.75, 3.05) is 51.8 Å². The van der Waals surface area contributed by atoms with Crippen molar-refractivity contribution < 1.29 is 9.53 Å². The van der Waals surface area contributed by atoms with Gasteiger partial charge < -0.3 is 20.7 Å². The molecule has 7 heteroatoms. The molecule has 1 saturated heterocycles. The molecule has 0 atom stereocenters. The van der Waals surface area contributed by atoms with Crippen LogP contribution in [0, 0.1) is 5.92 Å². The first-order chi connectivity index (χ1) is 14.2. The standard InChI is InChI=1S/C22H35N5O2/c1-23-22(24-10-11-27-12-14-29-15-13-27)25-17-18-6-5-9-20(16-18)26-21(28)19-7-3-2-4-8-19/h5-6,9,16,19H,2-4,7-8,10-15,17H2,1H3,(H,26,28)(H2,23,24,25). The number of anilines is 1. The summed E-state index contributed by atoms with van der Waals surface area (Å²) in [4.78, 5) is 19.2. The fraction of sp³-hybridized carbons (Fsp3) is 0.636. The maximum absolute atomic E-state index is 12.5. The van der Waals surface area contributed by atoms with Gasteiger partial charge in [0, 0.05) is 51.4 Å². The zero-order chi connectivity index (χ0) is 20.3. The molecule has 1 heterocycles. The van der Waals surface area contributed by atoms with Gasteiger partial charge in [0.1, 0.15) is 0 Å². The molecule has 1 amide bonds. The van der Waals surface area contributed by atoms with Gasteiger partial charge in [0.2, 0.25) is 5.91 Å². The van der Waals surface area contributed by atoms with Gasteiger partial charge in [0.15, 0.2) is 5.96 Å². The van der Waals surface area contributed by atoms with E-state index in [0.29, 0.717) is 6.54 Å². The number of aliphatic imine (C=N–C) groups is 1. The minimum atomic E-state index is 0.162. The zero-order valence-electron chi connectivity index (χ0n) is 17.6. The van der Waals surface area contributed by atoms with Crippen LogP contribution in [0.2, 0.25) is 0 Å². The van der Waals surface area contributed by atoms with Crippen LogP contribution in [0.5, 0.6) is 0 Å². The minimum absolute atomic E-state index is 0.162. The molecule has 3 rings (SSSR count). The average Bonchev–Trinajstić information content (AvgIpc) is 2.77. The fourth-order valence-electron chi connectivity index (χ4n) is 3.93. The number of ether oxygens (including phenoxy) is 1. The molecule has 0 radical (unpaired) electrons. The number of nitrogens with one attached hydrogen (secondary N) is 3. The van der Waals surface area contributed by atoms with Gasteiger partial charge in [-0.2, -0.15) is 0 Å². The van der Waals surface area contributed by atoms with Crippen LogP contribution in [-0.4, -0.2) is 63.2 Å². The SMILES string of the molecule is CN=C(NCCN1CCOCC1)NCc1cccc(NC(=O)C2CCCCC2)c1. The number of hydrogen-bond acceptors (Lipinski definition) is 4. The summed E-state index contributed by atoms with van der Waals surface area (Å²) in [6, 6.07) is 8.04. The Labute approximate surface area is 174 Å². The van der Waals surface area contributed by atoms with E-state index in [1.165, 1.54) is 19.3 Å². The molecule has 0 spiro atoms. The highest BCUT2D eigenvalue weighted by molar-refractivity contribution is 5.92. The highest BCUT2D eigenvalue weighted by atomic mass is 16.5. The van der Waals surface area contributed by atoms with Crippen molar-refractivity contribution in [1.29, 1.82) is 0 Å². The first-order valence-electron chi connectivity index (χ1n) is 10.9. The van der Waals surface area contributed by atoms with Crippen molar-refractivity contribution in [1.82, 2.24) is 15.5 Å². The van der Waals surface area contributed by atoms with E-state index in [4.69, 9.17) is 4.74 Å². The summed E-state index contributed by atoms with van der Waals surface area (Å²) in [6.45, 7) is 6.11. The van der Waals surface area contributed by atoms with Crippen molar-refractivity contribution in [2.45, 2.75) is 38.6 Å². The van der Waals surface area contributed by atoms with E-state index in [1.54, 1.807) is 7.05 Å². The van der Waals surface area contributed by atoms with Crippen LogP contribution in [0.25, 0.3) is 0 Å². The first kappa shape index (κ1) is 21.6. The van der Waals surface area contributed by atoms with Gasteiger partial charge >= 0.3 is 0 Å². The Morgan fingerprint density at radius 3 is 2.72 bits per heavy atom. The molecule has 160 valence electrons. The van der Waals surface area contributed by atoms with Crippen LogP contribution in [0.4, 0.5) is 5.69 Å². The number of guanidine groups is 1. The third-order valence-electron chi connectivity index (χ3n) is 5.68. The molecule has 0 unspecified atom stereocenters. The number of rotatable bonds is 7. The lowest BCUT2D eigenvalue weighted by Crippen LogP contribution is -2.44. The summed E-state index contributed by atoms with van der Waals surface area (Å²) >= 11 is 0. The highest BCUT2D eigenvalue weighted by Gasteiger charge is 2.21. The van der Waals surface area contributed by atoms with Crippen molar-refractivity contribution >= 4 is 17.6 Å². The van der Waals surface area contributed by atoms with Gasteiger partial charge in [-0.15, -0.1) is 0 Å². The van der Waals surface area contributed by atoms with Crippen LogP contribution in [0.15, 0.2) is 29.3 Å². The lowest BCUT2D eigenvalue weighted by atomic mass is 9.88. The lowest BCUT2D eigenvalue weighted by molar-refractivity contribution is -0.120. The van der Waals surface area contributed by atoms with E-state index in [-0.39, 0.29) is 11.8 Å². The van der Waals surface area contributed by atoms with Crippen LogP contribution in [0.1, 0.15) is 37.7 Å². The van der Waals surface area contributed by atoms with Crippen LogP contribution in [0.3, 0.4) is 0 Å². The number of amides is 1. The molecule has 1 saturated carbocycles. The lowest BCUT2D eigenvalue weighted by Gasteiger charge is -2.26. The Kier molecular flexibility index (Phi) is 8.77. The van der Waals surface area contributed by atoms with E-state index >= 15 is 0 Å². The van der Waals surface area contributed by atoms with E-state index in [2.05, 4.69) is 31.9 Å². The molecule has 1 aliphatic carbocycles. The van der Waals surface area contributed by atoms with Gasteiger partial charge in [0.25, 0.3) is 0 Å². The summed E-state index contributed by atoms with van der Waals surface area (Å²) < 4.78 is 5.38. The third kappa shape index (κ3) is 7.33. The first-order valence-corrected chi connectivity index (χ1v) is 10.9. The van der Waals surface area contributed by atoms with Crippen LogP contribution in [-0.2, 0) is 16.1 Å². The summed E-state index contributed by atoms with van der Waals surface area (Å²) in [5, 5.41) is 9.81. The van der Waals surface area contributed by atoms with E-state index in [1.807, 2.05) is 18.2 Å². The molecule has 29 heavy (non-hydrogen) atoms. The second kappa shape index (κ2) is 11.8. The number of hydrogen-bond donors (Lipinski definition) is 3. The van der Waals surface area contributed by atoms with Gasteiger partial charge in [0.05, 0.1) is 13.2 Å². The summed E-state index contributed by atoms with van der Waals surface area (Å²) in [5.74, 6) is 1.12. The highest BCUT2D eigenvalue weighted by Crippen LogP contribution is 2.25. The summed E-state index contributed by atoms with van der Waals surface area (Å²) in [6.07, 6.45) is 5.62. The fourth-order valence-corrected chi connectivity index (χ4v) is 3.93. The number of morpholine rings is 1. The third-order valence-corrected chi connectivity index (χ3v) is 5.68. The number of nitrogens with zero attached hydrogens (tertiary/aromatic N) is 2. The molecule has 2 aliphatic rings. The monoisotopic (exact) mass is 401 g/mol. The molecule has 0 aromatic heterocycles. The quantitative estimate of drug-likeness (QED) is 0.482. The van der Waals surface area contributed by atoms with Crippen molar-refractivity contribution in [3.05, 3.63) is 29.8 Å². The van der Waals surface area contributed by atoms with Gasteiger partial charge in [-0.1, -0.05) is 31.4 Å². The normalized spacial score (nSPS) is 19.0. The van der Waals surface area contributed by atoms with Crippen LogP contribution >= 0.6 is 0 Å². The van der Waals surface area contributed by atoms with E-state index in [0.717, 1.165) is 69.4 Å². The maximum Gasteiger partial charge on any atom is 0.227 e. The number of carbonyl (C=O) groups excluding carboxylic acids is 1. The largest absolute Gasteiger partial charge is 0.379 e. The number of carbonyl (C=O) groups is 1. The van der Waals surface area contributed by atoms with Gasteiger partial charge in [-0.25, -0.2) is 0 Å². The molecule has 7 nitrogen and oxygen atoms in total. The van der Waals surface area contributed by atoms with Gasteiger partial charge in [-0.05, 0) is 30.5 Å². The molecule has 1 aromatic carbocycles. The second-order valence-electron chi connectivity index (χ2n) is 7.83. The average molecular weight is 402 g/mol. The summed E-state index contributed by atoms with van der Waals surface area (Å²) in [7, 11) is 1.78. The predicted molar refractivity (Wildman–Crippen MR) is 117 cm³/mol.